The summed E-state index contributed by atoms with van der Waals surface area (Å²) in [6, 6.07) is 0. The van der Waals surface area contributed by atoms with Crippen LogP contribution in [0.2, 0.25) is 0 Å². The third-order valence-corrected chi connectivity index (χ3v) is 4.52. The highest BCUT2D eigenvalue weighted by molar-refractivity contribution is 5.79. The van der Waals surface area contributed by atoms with Crippen molar-refractivity contribution in [3.8, 4) is 0 Å². The van der Waals surface area contributed by atoms with E-state index in [0.29, 0.717) is 18.4 Å². The van der Waals surface area contributed by atoms with Crippen LogP contribution >= 0.6 is 0 Å². The van der Waals surface area contributed by atoms with Gasteiger partial charge in [-0.05, 0) is 32.2 Å². The van der Waals surface area contributed by atoms with Crippen molar-refractivity contribution in [1.82, 2.24) is 9.80 Å². The normalized spacial score (nSPS) is 22.7. The van der Waals surface area contributed by atoms with Gasteiger partial charge in [-0.1, -0.05) is 19.3 Å². The minimum Gasteiger partial charge on any atom is -0.396 e. The lowest BCUT2D eigenvalue weighted by Crippen LogP contribution is -2.50. The van der Waals surface area contributed by atoms with E-state index in [4.69, 9.17) is 5.11 Å². The smallest absolute Gasteiger partial charge is 0.225 e. The van der Waals surface area contributed by atoms with Gasteiger partial charge in [0.15, 0.2) is 0 Å². The van der Waals surface area contributed by atoms with Crippen molar-refractivity contribution >= 4 is 5.91 Å². The van der Waals surface area contributed by atoms with Crippen LogP contribution in [0.5, 0.6) is 0 Å². The third kappa shape index (κ3) is 4.46. The lowest BCUT2D eigenvalue weighted by atomic mass is 9.88. The Balaban J connectivity index is 1.68. The second-order valence-electron chi connectivity index (χ2n) is 5.93. The van der Waals surface area contributed by atoms with E-state index in [1.807, 2.05) is 0 Å². The third-order valence-electron chi connectivity index (χ3n) is 4.52. The van der Waals surface area contributed by atoms with Crippen LogP contribution in [0.15, 0.2) is 0 Å². The molecule has 1 heterocycles. The summed E-state index contributed by atoms with van der Waals surface area (Å²) in [6.07, 6.45) is 7.94. The second-order valence-corrected chi connectivity index (χ2v) is 5.93. The molecule has 0 bridgehead atoms. The van der Waals surface area contributed by atoms with Crippen molar-refractivity contribution < 1.29 is 9.90 Å². The molecule has 1 aliphatic heterocycles. The molecule has 4 heteroatoms. The van der Waals surface area contributed by atoms with E-state index in [1.165, 1.54) is 19.3 Å². The van der Waals surface area contributed by atoms with Crippen LogP contribution in [0.25, 0.3) is 0 Å². The Morgan fingerprint density at radius 2 is 1.68 bits per heavy atom. The number of hydrogen-bond acceptors (Lipinski definition) is 3. The average Bonchev–Trinajstić information content (AvgIpc) is 2.48. The van der Waals surface area contributed by atoms with Crippen molar-refractivity contribution in [2.75, 3.05) is 39.3 Å². The standard InChI is InChI=1S/C15H28N2O2/c18-13-5-4-8-16-9-11-17(12-10-16)15(19)14-6-2-1-3-7-14/h14,18H,1-13H2. The molecule has 1 saturated carbocycles. The van der Waals surface area contributed by atoms with Crippen molar-refractivity contribution in [2.45, 2.75) is 44.9 Å². The van der Waals surface area contributed by atoms with Crippen molar-refractivity contribution in [2.24, 2.45) is 5.92 Å². The highest BCUT2D eigenvalue weighted by atomic mass is 16.2. The Bertz CT molecular complexity index is 269. The van der Waals surface area contributed by atoms with E-state index in [-0.39, 0.29) is 0 Å². The number of piperazine rings is 1. The Hall–Kier alpha value is -0.610. The van der Waals surface area contributed by atoms with Gasteiger partial charge in [0, 0.05) is 38.7 Å². The molecule has 4 nitrogen and oxygen atoms in total. The van der Waals surface area contributed by atoms with Gasteiger partial charge >= 0.3 is 0 Å². The molecule has 1 amide bonds. The van der Waals surface area contributed by atoms with Gasteiger partial charge in [0.05, 0.1) is 0 Å². The van der Waals surface area contributed by atoms with E-state index in [9.17, 15) is 4.79 Å². The average molecular weight is 268 g/mol. The van der Waals surface area contributed by atoms with Crippen LogP contribution < -0.4 is 0 Å². The molecule has 110 valence electrons. The number of hydrogen-bond donors (Lipinski definition) is 1. The lowest BCUT2D eigenvalue weighted by molar-refractivity contribution is -0.138. The molecule has 0 aromatic carbocycles. The second kappa shape index (κ2) is 7.85. The Morgan fingerprint density at radius 1 is 1.00 bits per heavy atom. The topological polar surface area (TPSA) is 43.8 Å². The molecule has 2 rings (SSSR count). The number of aliphatic hydroxyl groups is 1. The van der Waals surface area contributed by atoms with Crippen molar-refractivity contribution in [1.29, 1.82) is 0 Å². The van der Waals surface area contributed by atoms with Gasteiger partial charge in [-0.15, -0.1) is 0 Å². The molecule has 1 aliphatic carbocycles. The van der Waals surface area contributed by atoms with E-state index in [0.717, 1.165) is 58.4 Å². The van der Waals surface area contributed by atoms with Crippen LogP contribution in [-0.2, 0) is 4.79 Å². The van der Waals surface area contributed by atoms with Crippen LogP contribution in [0.4, 0.5) is 0 Å². The maximum Gasteiger partial charge on any atom is 0.225 e. The van der Waals surface area contributed by atoms with Crippen LogP contribution in [-0.4, -0.2) is 60.1 Å². The molecule has 0 radical (unpaired) electrons. The van der Waals surface area contributed by atoms with Gasteiger partial charge in [0.1, 0.15) is 0 Å². The first-order chi connectivity index (χ1) is 9.31. The molecule has 0 aromatic rings. The van der Waals surface area contributed by atoms with E-state index in [1.54, 1.807) is 0 Å². The summed E-state index contributed by atoms with van der Waals surface area (Å²) in [5.41, 5.74) is 0. The molecular weight excluding hydrogens is 240 g/mol. The molecule has 0 spiro atoms. The minimum atomic E-state index is 0.292. The predicted octanol–water partition coefficient (Wildman–Crippen LogP) is 1.48. The molecular formula is C15H28N2O2. The van der Waals surface area contributed by atoms with Crippen LogP contribution in [0.1, 0.15) is 44.9 Å². The SMILES string of the molecule is O=C(C1CCCCC1)N1CCN(CCCCO)CC1. The number of nitrogens with zero attached hydrogens (tertiary/aromatic N) is 2. The summed E-state index contributed by atoms with van der Waals surface area (Å²) < 4.78 is 0. The number of carbonyl (C=O) groups excluding carboxylic acids is 1. The summed E-state index contributed by atoms with van der Waals surface area (Å²) in [5.74, 6) is 0.726. The zero-order valence-corrected chi connectivity index (χ0v) is 12.0. The molecule has 19 heavy (non-hydrogen) atoms. The molecule has 1 saturated heterocycles. The summed E-state index contributed by atoms with van der Waals surface area (Å²) in [7, 11) is 0. The fraction of sp³-hybridized carbons (Fsp3) is 0.933. The maximum absolute atomic E-state index is 12.4. The highest BCUT2D eigenvalue weighted by Gasteiger charge is 2.28. The molecule has 0 unspecified atom stereocenters. The molecule has 2 fully saturated rings. The Labute approximate surface area is 116 Å². The Morgan fingerprint density at radius 3 is 2.32 bits per heavy atom. The molecule has 1 N–H and O–H groups in total. The largest absolute Gasteiger partial charge is 0.396 e. The summed E-state index contributed by atoms with van der Waals surface area (Å²) in [4.78, 5) is 16.9. The summed E-state index contributed by atoms with van der Waals surface area (Å²) in [5, 5.41) is 8.78. The van der Waals surface area contributed by atoms with E-state index < -0.39 is 0 Å². The Kier molecular flexibility index (Phi) is 6.11. The zero-order valence-electron chi connectivity index (χ0n) is 12.0. The number of aliphatic hydroxyl groups excluding tert-OH is 1. The summed E-state index contributed by atoms with van der Waals surface area (Å²) in [6.45, 7) is 5.16. The van der Waals surface area contributed by atoms with Gasteiger partial charge in [0.25, 0.3) is 0 Å². The fourth-order valence-electron chi connectivity index (χ4n) is 3.25. The number of carbonyl (C=O) groups is 1. The highest BCUT2D eigenvalue weighted by Crippen LogP contribution is 2.25. The van der Waals surface area contributed by atoms with Crippen LogP contribution in [0.3, 0.4) is 0 Å². The van der Waals surface area contributed by atoms with E-state index in [2.05, 4.69) is 9.80 Å². The van der Waals surface area contributed by atoms with Gasteiger partial charge in [-0.2, -0.15) is 0 Å². The zero-order chi connectivity index (χ0) is 13.5. The first kappa shape index (κ1) is 14.8. The summed E-state index contributed by atoms with van der Waals surface area (Å²) >= 11 is 0. The monoisotopic (exact) mass is 268 g/mol. The first-order valence-corrected chi connectivity index (χ1v) is 7.93. The first-order valence-electron chi connectivity index (χ1n) is 7.93. The van der Waals surface area contributed by atoms with Crippen LogP contribution in [0, 0.1) is 5.92 Å². The maximum atomic E-state index is 12.4. The quantitative estimate of drug-likeness (QED) is 0.768. The minimum absolute atomic E-state index is 0.292. The van der Waals surface area contributed by atoms with E-state index >= 15 is 0 Å². The fourth-order valence-corrected chi connectivity index (χ4v) is 3.25. The molecule has 0 atom stereocenters. The van der Waals surface area contributed by atoms with Crippen molar-refractivity contribution in [3.05, 3.63) is 0 Å². The lowest BCUT2D eigenvalue weighted by Gasteiger charge is -2.37. The van der Waals surface area contributed by atoms with Gasteiger partial charge in [-0.25, -0.2) is 0 Å². The van der Waals surface area contributed by atoms with Gasteiger partial charge in [0.2, 0.25) is 5.91 Å². The van der Waals surface area contributed by atoms with Gasteiger partial charge < -0.3 is 10.0 Å². The number of rotatable bonds is 5. The van der Waals surface area contributed by atoms with Crippen molar-refractivity contribution in [3.63, 3.8) is 0 Å². The number of amides is 1. The predicted molar refractivity (Wildman–Crippen MR) is 75.9 cm³/mol. The number of unbranched alkanes of at least 4 members (excludes halogenated alkanes) is 1. The molecule has 0 aromatic heterocycles. The molecule has 2 aliphatic rings. The van der Waals surface area contributed by atoms with Gasteiger partial charge in [-0.3, -0.25) is 9.69 Å².